The van der Waals surface area contributed by atoms with Gasteiger partial charge in [-0.3, -0.25) is 14.9 Å². The molecule has 0 fully saturated rings. The summed E-state index contributed by atoms with van der Waals surface area (Å²) in [6.07, 6.45) is -1.38. The zero-order valence-electron chi connectivity index (χ0n) is 8.37. The van der Waals surface area contributed by atoms with E-state index in [0.717, 1.165) is 0 Å². The van der Waals surface area contributed by atoms with Crippen molar-refractivity contribution in [3.8, 4) is 0 Å². The van der Waals surface area contributed by atoms with Crippen molar-refractivity contribution in [2.75, 3.05) is 6.61 Å². The number of ketones is 1. The highest BCUT2D eigenvalue weighted by atomic mass is 16.6. The first-order valence-corrected chi connectivity index (χ1v) is 4.59. The van der Waals surface area contributed by atoms with Gasteiger partial charge < -0.3 is 10.2 Å². The second-order valence-corrected chi connectivity index (χ2v) is 3.27. The third-order valence-corrected chi connectivity index (χ3v) is 2.06. The number of nitro benzene ring substituents is 1. The van der Waals surface area contributed by atoms with Crippen LogP contribution >= 0.6 is 0 Å². The Morgan fingerprint density at radius 1 is 1.50 bits per heavy atom. The van der Waals surface area contributed by atoms with Crippen LogP contribution in [0.15, 0.2) is 24.3 Å². The van der Waals surface area contributed by atoms with Crippen molar-refractivity contribution in [3.05, 3.63) is 39.9 Å². The third kappa shape index (κ3) is 3.11. The number of Topliss-reactive ketones (excluding diaryl/α,β-unsaturated/α-hetero) is 1. The molecule has 1 aromatic rings. The van der Waals surface area contributed by atoms with Crippen LogP contribution < -0.4 is 0 Å². The zero-order valence-corrected chi connectivity index (χ0v) is 8.37. The second-order valence-electron chi connectivity index (χ2n) is 3.27. The van der Waals surface area contributed by atoms with Crippen molar-refractivity contribution in [1.29, 1.82) is 0 Å². The Balaban J connectivity index is 2.83. The van der Waals surface area contributed by atoms with Gasteiger partial charge in [0.05, 0.1) is 11.0 Å². The summed E-state index contributed by atoms with van der Waals surface area (Å²) >= 11 is 0. The van der Waals surface area contributed by atoms with E-state index in [1.54, 1.807) is 0 Å². The molecule has 1 aromatic carbocycles. The highest BCUT2D eigenvalue weighted by molar-refractivity contribution is 5.80. The summed E-state index contributed by atoms with van der Waals surface area (Å²) in [5, 5.41) is 28.5. The Morgan fingerprint density at radius 3 is 2.75 bits per heavy atom. The van der Waals surface area contributed by atoms with Crippen LogP contribution in [0, 0.1) is 10.1 Å². The van der Waals surface area contributed by atoms with Gasteiger partial charge in [0.15, 0.2) is 5.78 Å². The maximum absolute atomic E-state index is 10.9. The first kappa shape index (κ1) is 12.3. The molecule has 6 nitrogen and oxygen atoms in total. The molecule has 0 spiro atoms. The summed E-state index contributed by atoms with van der Waals surface area (Å²) < 4.78 is 0. The number of aliphatic hydroxyl groups is 2. The van der Waals surface area contributed by atoms with Crippen LogP contribution in [0.5, 0.6) is 0 Å². The highest BCUT2D eigenvalue weighted by Gasteiger charge is 2.15. The first-order valence-electron chi connectivity index (χ1n) is 4.59. The molecule has 16 heavy (non-hydrogen) atoms. The van der Waals surface area contributed by atoms with Gasteiger partial charge in [0.1, 0.15) is 6.61 Å². The number of hydrogen-bond acceptors (Lipinski definition) is 5. The number of non-ortho nitro benzene ring substituents is 1. The summed E-state index contributed by atoms with van der Waals surface area (Å²) in [5.74, 6) is -0.515. The summed E-state index contributed by atoms with van der Waals surface area (Å²) in [6.45, 7) is -0.647. The molecule has 1 rings (SSSR count). The standard InChI is InChI=1S/C10H11NO5/c12-6-9(13)5-10(14)7-2-1-3-8(4-7)11(15)16/h1-4,10,12,14H,5-6H2/t10-/m1/s1. The smallest absolute Gasteiger partial charge is 0.269 e. The number of benzene rings is 1. The predicted octanol–water partition coefficient (Wildman–Crippen LogP) is 0.580. The Kier molecular flexibility index (Phi) is 4.10. The molecule has 0 radical (unpaired) electrons. The number of carbonyl (C=O) groups excluding carboxylic acids is 1. The number of nitrogens with zero attached hydrogens (tertiary/aromatic N) is 1. The van der Waals surface area contributed by atoms with Crippen molar-refractivity contribution >= 4 is 11.5 Å². The van der Waals surface area contributed by atoms with Crippen LogP contribution in [0.4, 0.5) is 5.69 Å². The lowest BCUT2D eigenvalue weighted by atomic mass is 10.0. The van der Waals surface area contributed by atoms with E-state index in [2.05, 4.69) is 0 Å². The molecule has 0 aliphatic rings. The van der Waals surface area contributed by atoms with Gasteiger partial charge in [0, 0.05) is 18.6 Å². The van der Waals surface area contributed by atoms with Crippen molar-refractivity contribution in [2.24, 2.45) is 0 Å². The normalized spacial score (nSPS) is 12.1. The van der Waals surface area contributed by atoms with E-state index in [1.165, 1.54) is 24.3 Å². The largest absolute Gasteiger partial charge is 0.389 e. The van der Waals surface area contributed by atoms with Gasteiger partial charge in [-0.1, -0.05) is 12.1 Å². The number of aliphatic hydroxyl groups excluding tert-OH is 2. The van der Waals surface area contributed by atoms with Crippen LogP contribution in [0.3, 0.4) is 0 Å². The van der Waals surface area contributed by atoms with Crippen molar-refractivity contribution < 1.29 is 19.9 Å². The van der Waals surface area contributed by atoms with Gasteiger partial charge in [-0.05, 0) is 5.56 Å². The van der Waals surface area contributed by atoms with E-state index in [9.17, 15) is 20.0 Å². The lowest BCUT2D eigenvalue weighted by Gasteiger charge is -2.08. The molecule has 2 N–H and O–H groups in total. The molecule has 86 valence electrons. The lowest BCUT2D eigenvalue weighted by Crippen LogP contribution is -2.10. The van der Waals surface area contributed by atoms with Crippen LogP contribution in [-0.4, -0.2) is 27.5 Å². The maximum Gasteiger partial charge on any atom is 0.269 e. The van der Waals surface area contributed by atoms with E-state index in [4.69, 9.17) is 5.11 Å². The van der Waals surface area contributed by atoms with Crippen LogP contribution in [0.1, 0.15) is 18.1 Å². The van der Waals surface area contributed by atoms with Crippen LogP contribution in [-0.2, 0) is 4.79 Å². The van der Waals surface area contributed by atoms with Gasteiger partial charge >= 0.3 is 0 Å². The van der Waals surface area contributed by atoms with Gasteiger partial charge in [-0.15, -0.1) is 0 Å². The monoisotopic (exact) mass is 225 g/mol. The van der Waals surface area contributed by atoms with E-state index in [1.807, 2.05) is 0 Å². The average molecular weight is 225 g/mol. The lowest BCUT2D eigenvalue weighted by molar-refractivity contribution is -0.385. The number of nitro groups is 1. The molecule has 6 heteroatoms. The molecule has 0 aliphatic carbocycles. The van der Waals surface area contributed by atoms with E-state index in [-0.39, 0.29) is 17.7 Å². The number of rotatable bonds is 5. The Hall–Kier alpha value is -1.79. The molecule has 0 saturated carbocycles. The van der Waals surface area contributed by atoms with E-state index in [0.29, 0.717) is 0 Å². The fraction of sp³-hybridized carbons (Fsp3) is 0.300. The Morgan fingerprint density at radius 2 is 2.19 bits per heavy atom. The molecule has 1 atom stereocenters. The van der Waals surface area contributed by atoms with Crippen molar-refractivity contribution in [3.63, 3.8) is 0 Å². The average Bonchev–Trinajstić information content (AvgIpc) is 2.28. The van der Waals surface area contributed by atoms with E-state index < -0.39 is 23.4 Å². The molecule has 0 aromatic heterocycles. The Labute approximate surface area is 91.3 Å². The minimum atomic E-state index is -1.13. The summed E-state index contributed by atoms with van der Waals surface area (Å²) in [5.41, 5.74) is 0.143. The summed E-state index contributed by atoms with van der Waals surface area (Å²) in [4.78, 5) is 20.8. The van der Waals surface area contributed by atoms with Gasteiger partial charge in [-0.25, -0.2) is 0 Å². The molecular formula is C10H11NO5. The topological polar surface area (TPSA) is 101 Å². The molecule has 0 amide bonds. The molecule has 0 unspecified atom stereocenters. The number of carbonyl (C=O) groups is 1. The molecular weight excluding hydrogens is 214 g/mol. The summed E-state index contributed by atoms with van der Waals surface area (Å²) in [6, 6.07) is 5.42. The first-order chi connectivity index (χ1) is 7.54. The second kappa shape index (κ2) is 5.34. The van der Waals surface area contributed by atoms with Crippen molar-refractivity contribution in [2.45, 2.75) is 12.5 Å². The van der Waals surface area contributed by atoms with E-state index >= 15 is 0 Å². The van der Waals surface area contributed by atoms with Gasteiger partial charge in [0.25, 0.3) is 5.69 Å². The third-order valence-electron chi connectivity index (χ3n) is 2.06. The van der Waals surface area contributed by atoms with Gasteiger partial charge in [0.2, 0.25) is 0 Å². The number of hydrogen-bond donors (Lipinski definition) is 2. The molecule has 0 bridgehead atoms. The molecule has 0 heterocycles. The zero-order chi connectivity index (χ0) is 12.1. The van der Waals surface area contributed by atoms with Crippen LogP contribution in [0.2, 0.25) is 0 Å². The maximum atomic E-state index is 10.9. The van der Waals surface area contributed by atoms with Crippen LogP contribution in [0.25, 0.3) is 0 Å². The molecule has 0 saturated heterocycles. The minimum absolute atomic E-state index is 0.145. The fourth-order valence-corrected chi connectivity index (χ4v) is 1.24. The quantitative estimate of drug-likeness (QED) is 0.563. The molecule has 0 aliphatic heterocycles. The predicted molar refractivity (Wildman–Crippen MR) is 54.8 cm³/mol. The van der Waals surface area contributed by atoms with Gasteiger partial charge in [-0.2, -0.15) is 0 Å². The van der Waals surface area contributed by atoms with Crippen molar-refractivity contribution in [1.82, 2.24) is 0 Å². The Bertz CT molecular complexity index is 404. The summed E-state index contributed by atoms with van der Waals surface area (Å²) in [7, 11) is 0. The minimum Gasteiger partial charge on any atom is -0.389 e. The fourth-order valence-electron chi connectivity index (χ4n) is 1.24. The SMILES string of the molecule is O=C(CO)C[C@@H](O)c1cccc([N+](=O)[O-])c1. The highest BCUT2D eigenvalue weighted by Crippen LogP contribution is 2.21.